The summed E-state index contributed by atoms with van der Waals surface area (Å²) in [6, 6.07) is 3.22. The molecule has 0 heterocycles. The van der Waals surface area contributed by atoms with Crippen molar-refractivity contribution in [2.75, 3.05) is 6.61 Å². The molecular formula is C18H28F2O3. The molecule has 0 aliphatic carbocycles. The second-order valence-electron chi connectivity index (χ2n) is 4.53. The highest BCUT2D eigenvalue weighted by atomic mass is 19.1. The number of carbonyl (C=O) groups is 2. The predicted molar refractivity (Wildman–Crippen MR) is 88.3 cm³/mol. The van der Waals surface area contributed by atoms with Crippen LogP contribution in [0.1, 0.15) is 65.4 Å². The SMILES string of the molecule is CC.CCCC=O.CCOC(=O)CC(C)c1cc(F)ccc1F. The number of carbonyl (C=O) groups excluding carboxylic acids is 2. The van der Waals surface area contributed by atoms with Crippen LogP contribution >= 0.6 is 0 Å². The van der Waals surface area contributed by atoms with E-state index < -0.39 is 23.5 Å². The van der Waals surface area contributed by atoms with E-state index in [2.05, 4.69) is 0 Å². The van der Waals surface area contributed by atoms with Crippen LogP contribution in [0.2, 0.25) is 0 Å². The maximum atomic E-state index is 13.3. The van der Waals surface area contributed by atoms with Gasteiger partial charge in [0.1, 0.15) is 17.9 Å². The molecule has 23 heavy (non-hydrogen) atoms. The van der Waals surface area contributed by atoms with Gasteiger partial charge < -0.3 is 9.53 Å². The number of esters is 1. The number of rotatable bonds is 6. The van der Waals surface area contributed by atoms with Crippen LogP contribution in [-0.4, -0.2) is 18.9 Å². The number of hydrogen-bond donors (Lipinski definition) is 0. The van der Waals surface area contributed by atoms with Crippen molar-refractivity contribution >= 4 is 12.3 Å². The molecule has 0 N–H and O–H groups in total. The van der Waals surface area contributed by atoms with E-state index in [0.29, 0.717) is 6.42 Å². The summed E-state index contributed by atoms with van der Waals surface area (Å²) in [4.78, 5) is 20.6. The Labute approximate surface area is 138 Å². The molecule has 0 fully saturated rings. The number of benzene rings is 1. The van der Waals surface area contributed by atoms with Gasteiger partial charge in [0.05, 0.1) is 13.0 Å². The van der Waals surface area contributed by atoms with Crippen LogP contribution in [0.5, 0.6) is 0 Å². The summed E-state index contributed by atoms with van der Waals surface area (Å²) >= 11 is 0. The van der Waals surface area contributed by atoms with E-state index in [9.17, 15) is 18.4 Å². The second-order valence-corrected chi connectivity index (χ2v) is 4.53. The summed E-state index contributed by atoms with van der Waals surface area (Å²) in [6.45, 7) is 9.63. The monoisotopic (exact) mass is 330 g/mol. The standard InChI is InChI=1S/C12H14F2O2.C4H8O.C2H6/c1-3-16-12(15)6-8(2)10-7-9(13)4-5-11(10)14;1-2-3-4-5;1-2/h4-5,7-8H,3,6H2,1-2H3;4H,2-3H2,1H3;1-2H3. The molecule has 132 valence electrons. The van der Waals surface area contributed by atoms with Crippen LogP contribution in [0.15, 0.2) is 18.2 Å². The van der Waals surface area contributed by atoms with Gasteiger partial charge >= 0.3 is 5.97 Å². The van der Waals surface area contributed by atoms with Crippen molar-refractivity contribution in [2.45, 2.75) is 59.8 Å². The minimum Gasteiger partial charge on any atom is -0.466 e. The zero-order valence-electron chi connectivity index (χ0n) is 14.7. The molecule has 0 spiro atoms. The number of ether oxygens (including phenoxy) is 1. The van der Waals surface area contributed by atoms with E-state index in [4.69, 9.17) is 4.74 Å². The fourth-order valence-electron chi connectivity index (χ4n) is 1.59. The van der Waals surface area contributed by atoms with Crippen molar-refractivity contribution in [1.29, 1.82) is 0 Å². The molecule has 0 aliphatic rings. The van der Waals surface area contributed by atoms with Crippen LogP contribution in [0.4, 0.5) is 8.78 Å². The van der Waals surface area contributed by atoms with E-state index in [1.54, 1.807) is 13.8 Å². The first-order valence-corrected chi connectivity index (χ1v) is 8.00. The fraction of sp³-hybridized carbons (Fsp3) is 0.556. The Morgan fingerprint density at radius 3 is 2.30 bits per heavy atom. The highest BCUT2D eigenvalue weighted by Crippen LogP contribution is 2.23. The van der Waals surface area contributed by atoms with E-state index in [1.165, 1.54) is 0 Å². The van der Waals surface area contributed by atoms with Crippen molar-refractivity contribution in [3.63, 3.8) is 0 Å². The average molecular weight is 330 g/mol. The van der Waals surface area contributed by atoms with Crippen molar-refractivity contribution < 1.29 is 23.1 Å². The molecule has 0 amide bonds. The van der Waals surface area contributed by atoms with Crippen molar-refractivity contribution in [1.82, 2.24) is 0 Å². The van der Waals surface area contributed by atoms with Gasteiger partial charge in [0.25, 0.3) is 0 Å². The lowest BCUT2D eigenvalue weighted by atomic mass is 9.97. The zero-order chi connectivity index (χ0) is 18.3. The molecule has 1 unspecified atom stereocenters. The third kappa shape index (κ3) is 11.4. The Morgan fingerprint density at radius 2 is 1.87 bits per heavy atom. The molecule has 1 aromatic carbocycles. The molecule has 3 nitrogen and oxygen atoms in total. The summed E-state index contributed by atoms with van der Waals surface area (Å²) in [7, 11) is 0. The summed E-state index contributed by atoms with van der Waals surface area (Å²) in [5, 5.41) is 0. The lowest BCUT2D eigenvalue weighted by molar-refractivity contribution is -0.143. The van der Waals surface area contributed by atoms with E-state index >= 15 is 0 Å². The molecule has 1 atom stereocenters. The Bertz CT molecular complexity index is 448. The molecule has 0 radical (unpaired) electrons. The summed E-state index contributed by atoms with van der Waals surface area (Å²) in [5.41, 5.74) is 0.202. The van der Waals surface area contributed by atoms with Crippen LogP contribution in [0.3, 0.4) is 0 Å². The van der Waals surface area contributed by atoms with Gasteiger partial charge in [-0.3, -0.25) is 4.79 Å². The van der Waals surface area contributed by atoms with Gasteiger partial charge in [-0.2, -0.15) is 0 Å². The quantitative estimate of drug-likeness (QED) is 0.542. The molecule has 0 aliphatic heterocycles. The summed E-state index contributed by atoms with van der Waals surface area (Å²) in [5.74, 6) is -1.81. The molecule has 0 saturated heterocycles. The molecule has 1 aromatic rings. The average Bonchev–Trinajstić information content (AvgIpc) is 2.53. The van der Waals surface area contributed by atoms with Crippen molar-refractivity contribution in [3.05, 3.63) is 35.4 Å². The topological polar surface area (TPSA) is 43.4 Å². The van der Waals surface area contributed by atoms with Crippen LogP contribution < -0.4 is 0 Å². The lowest BCUT2D eigenvalue weighted by Crippen LogP contribution is -2.09. The van der Waals surface area contributed by atoms with Crippen molar-refractivity contribution in [3.8, 4) is 0 Å². The first kappa shape index (κ1) is 23.5. The van der Waals surface area contributed by atoms with Crippen molar-refractivity contribution in [2.24, 2.45) is 0 Å². The first-order valence-electron chi connectivity index (χ1n) is 8.00. The van der Waals surface area contributed by atoms with Gasteiger partial charge in [0, 0.05) is 6.42 Å². The molecule has 5 heteroatoms. The van der Waals surface area contributed by atoms with Gasteiger partial charge in [-0.05, 0) is 43.0 Å². The highest BCUT2D eigenvalue weighted by molar-refractivity contribution is 5.70. The Hall–Kier alpha value is -1.78. The van der Waals surface area contributed by atoms with Crippen LogP contribution in [0, 0.1) is 11.6 Å². The first-order chi connectivity index (χ1) is 11.0. The Kier molecular flexibility index (Phi) is 15.4. The Balaban J connectivity index is 0. The number of hydrogen-bond acceptors (Lipinski definition) is 3. The minimum absolute atomic E-state index is 0.0498. The van der Waals surface area contributed by atoms with Gasteiger partial charge in [-0.15, -0.1) is 0 Å². The molecule has 0 bridgehead atoms. The molecule has 0 aromatic heterocycles. The fourth-order valence-corrected chi connectivity index (χ4v) is 1.59. The highest BCUT2D eigenvalue weighted by Gasteiger charge is 2.16. The predicted octanol–water partition coefficient (Wildman–Crippen LogP) is 5.03. The third-order valence-electron chi connectivity index (χ3n) is 2.67. The smallest absolute Gasteiger partial charge is 0.306 e. The van der Waals surface area contributed by atoms with Crippen LogP contribution in [0.25, 0.3) is 0 Å². The maximum absolute atomic E-state index is 13.3. The lowest BCUT2D eigenvalue weighted by Gasteiger charge is -2.12. The number of unbranched alkanes of at least 4 members (excludes halogenated alkanes) is 1. The molecule has 1 rings (SSSR count). The van der Waals surface area contributed by atoms with Gasteiger partial charge in [-0.1, -0.05) is 27.7 Å². The van der Waals surface area contributed by atoms with E-state index in [-0.39, 0.29) is 18.6 Å². The van der Waals surface area contributed by atoms with Gasteiger partial charge in [-0.25, -0.2) is 8.78 Å². The largest absolute Gasteiger partial charge is 0.466 e. The van der Waals surface area contributed by atoms with Gasteiger partial charge in [0.15, 0.2) is 0 Å². The van der Waals surface area contributed by atoms with Crippen LogP contribution in [-0.2, 0) is 14.3 Å². The minimum atomic E-state index is -0.507. The normalized spacial score (nSPS) is 10.4. The number of aldehydes is 1. The van der Waals surface area contributed by atoms with Gasteiger partial charge in [0.2, 0.25) is 0 Å². The maximum Gasteiger partial charge on any atom is 0.306 e. The van der Waals surface area contributed by atoms with E-state index in [0.717, 1.165) is 30.9 Å². The molecule has 0 saturated carbocycles. The van der Waals surface area contributed by atoms with E-state index in [1.807, 2.05) is 20.8 Å². The zero-order valence-corrected chi connectivity index (χ0v) is 14.7. The Morgan fingerprint density at radius 1 is 1.26 bits per heavy atom. The summed E-state index contributed by atoms with van der Waals surface area (Å²) in [6.07, 6.45) is 2.66. The number of halogens is 2. The third-order valence-corrected chi connectivity index (χ3v) is 2.67. The molecular weight excluding hydrogens is 302 g/mol. The summed E-state index contributed by atoms with van der Waals surface area (Å²) < 4.78 is 31.0. The second kappa shape index (κ2) is 15.1.